The van der Waals surface area contributed by atoms with E-state index >= 15 is 0 Å². The molecule has 3 heteroatoms. The monoisotopic (exact) mass is 183 g/mol. The smallest absolute Gasteiger partial charge is 0.236 e. The van der Waals surface area contributed by atoms with Crippen LogP contribution in [-0.4, -0.2) is 22.6 Å². The first kappa shape index (κ1) is 9.70. The fourth-order valence-electron chi connectivity index (χ4n) is 1.19. The Morgan fingerprint density at radius 1 is 1.67 bits per heavy atom. The highest BCUT2D eigenvalue weighted by Crippen LogP contribution is 2.19. The van der Waals surface area contributed by atoms with Crippen LogP contribution in [0.2, 0.25) is 0 Å². The van der Waals surface area contributed by atoms with E-state index in [4.69, 9.17) is 4.43 Å². The normalized spacial score (nSPS) is 29.8. The van der Waals surface area contributed by atoms with Gasteiger partial charge in [-0.3, -0.25) is 0 Å². The second-order valence-electron chi connectivity index (χ2n) is 3.51. The summed E-state index contributed by atoms with van der Waals surface area (Å²) in [5.74, 6) is 0. The van der Waals surface area contributed by atoms with Crippen LogP contribution in [0.5, 0.6) is 0 Å². The van der Waals surface area contributed by atoms with Crippen molar-refractivity contribution in [3.8, 4) is 0 Å². The molecule has 12 heavy (non-hydrogen) atoms. The predicted octanol–water partition coefficient (Wildman–Crippen LogP) is 0.886. The number of rotatable bonds is 3. The molecule has 0 heterocycles. The average molecular weight is 183 g/mol. The second kappa shape index (κ2) is 4.03. The molecule has 1 aliphatic rings. The highest BCUT2D eigenvalue weighted by molar-refractivity contribution is 6.23. The molecule has 2 nitrogen and oxygen atoms in total. The Labute approximate surface area is 76.7 Å². The second-order valence-corrected chi connectivity index (χ2v) is 4.73. The van der Waals surface area contributed by atoms with Gasteiger partial charge in [-0.15, -0.1) is 0 Å². The van der Waals surface area contributed by atoms with Crippen LogP contribution < -0.4 is 4.98 Å². The maximum atomic E-state index is 5.11. The molecule has 0 saturated carbocycles. The Balaban J connectivity index is 2.47. The van der Waals surface area contributed by atoms with Gasteiger partial charge in [-0.1, -0.05) is 23.8 Å². The zero-order chi connectivity index (χ0) is 9.03. The lowest BCUT2D eigenvalue weighted by molar-refractivity contribution is 0.404. The molecule has 1 rings (SSSR count). The highest BCUT2D eigenvalue weighted by Gasteiger charge is 2.20. The molecule has 0 radical (unpaired) electrons. The molecule has 1 N–H and O–H groups in total. The molecule has 1 aliphatic carbocycles. The standard InChI is InChI=1S/C9H17NOSi/c1-8-4-6-9(2,7-5-8)10-12-11-3/h4-6,10H,7,12H2,1-3H3. The largest absolute Gasteiger partial charge is 0.412 e. The van der Waals surface area contributed by atoms with Crippen LogP contribution in [0.3, 0.4) is 0 Å². The summed E-state index contributed by atoms with van der Waals surface area (Å²) in [5.41, 5.74) is 1.50. The topological polar surface area (TPSA) is 21.3 Å². The third-order valence-electron chi connectivity index (χ3n) is 2.18. The number of hydrogen-bond acceptors (Lipinski definition) is 2. The lowest BCUT2D eigenvalue weighted by Gasteiger charge is -2.28. The third-order valence-corrected chi connectivity index (χ3v) is 3.42. The molecule has 0 aliphatic heterocycles. The van der Waals surface area contributed by atoms with Crippen molar-refractivity contribution in [1.29, 1.82) is 0 Å². The van der Waals surface area contributed by atoms with Crippen LogP contribution >= 0.6 is 0 Å². The van der Waals surface area contributed by atoms with Gasteiger partial charge in [0.1, 0.15) is 0 Å². The first-order valence-electron chi connectivity index (χ1n) is 4.26. The van der Waals surface area contributed by atoms with E-state index in [1.165, 1.54) is 5.57 Å². The minimum absolute atomic E-state index is 0.141. The van der Waals surface area contributed by atoms with Crippen LogP contribution in [0.15, 0.2) is 23.8 Å². The van der Waals surface area contributed by atoms with Gasteiger partial charge in [-0.25, -0.2) is 0 Å². The van der Waals surface area contributed by atoms with E-state index in [1.807, 2.05) is 0 Å². The molecule has 0 aromatic rings. The molecule has 1 atom stereocenters. The van der Waals surface area contributed by atoms with Crippen molar-refractivity contribution in [2.45, 2.75) is 25.8 Å². The van der Waals surface area contributed by atoms with Crippen LogP contribution in [0.1, 0.15) is 20.3 Å². The summed E-state index contributed by atoms with van der Waals surface area (Å²) in [6.45, 7) is 4.34. The zero-order valence-corrected chi connectivity index (χ0v) is 9.47. The lowest BCUT2D eigenvalue weighted by Crippen LogP contribution is -2.43. The Hall–Kier alpha value is -0.383. The van der Waals surface area contributed by atoms with Crippen molar-refractivity contribution < 1.29 is 4.43 Å². The molecule has 68 valence electrons. The summed E-state index contributed by atoms with van der Waals surface area (Å²) in [6, 6.07) is 0. The zero-order valence-electron chi connectivity index (χ0n) is 8.05. The number of nitrogens with one attached hydrogen (secondary N) is 1. The molecule has 0 spiro atoms. The van der Waals surface area contributed by atoms with Gasteiger partial charge < -0.3 is 9.41 Å². The van der Waals surface area contributed by atoms with Crippen LogP contribution in [0.25, 0.3) is 0 Å². The van der Waals surface area contributed by atoms with Gasteiger partial charge in [0.05, 0.1) is 0 Å². The Morgan fingerprint density at radius 2 is 2.42 bits per heavy atom. The van der Waals surface area contributed by atoms with E-state index in [-0.39, 0.29) is 5.54 Å². The van der Waals surface area contributed by atoms with E-state index in [9.17, 15) is 0 Å². The average Bonchev–Trinajstić information content (AvgIpc) is 2.08. The van der Waals surface area contributed by atoms with E-state index in [2.05, 4.69) is 37.1 Å². The Kier molecular flexibility index (Phi) is 3.26. The molecule has 0 saturated heterocycles. The van der Waals surface area contributed by atoms with Gasteiger partial charge in [-0.05, 0) is 20.3 Å². The van der Waals surface area contributed by atoms with Gasteiger partial charge in [0.15, 0.2) is 0 Å². The maximum absolute atomic E-state index is 5.11. The molecule has 0 bridgehead atoms. The van der Waals surface area contributed by atoms with Crippen molar-refractivity contribution in [2.24, 2.45) is 0 Å². The van der Waals surface area contributed by atoms with E-state index in [0.717, 1.165) is 6.42 Å². The van der Waals surface area contributed by atoms with Gasteiger partial charge in [0.2, 0.25) is 9.92 Å². The van der Waals surface area contributed by atoms with Crippen molar-refractivity contribution in [3.63, 3.8) is 0 Å². The minimum atomic E-state index is -0.527. The maximum Gasteiger partial charge on any atom is 0.236 e. The highest BCUT2D eigenvalue weighted by atomic mass is 28.2. The fraction of sp³-hybridized carbons (Fsp3) is 0.556. The Bertz CT molecular complexity index is 213. The number of hydrogen-bond donors (Lipinski definition) is 1. The van der Waals surface area contributed by atoms with Crippen molar-refractivity contribution >= 4 is 9.92 Å². The van der Waals surface area contributed by atoms with Gasteiger partial charge in [-0.2, -0.15) is 0 Å². The summed E-state index contributed by atoms with van der Waals surface area (Å²) in [4.78, 5) is 3.45. The molecule has 0 fully saturated rings. The molecule has 0 amide bonds. The van der Waals surface area contributed by atoms with Gasteiger partial charge >= 0.3 is 0 Å². The van der Waals surface area contributed by atoms with Crippen LogP contribution in [-0.2, 0) is 4.43 Å². The van der Waals surface area contributed by atoms with Crippen LogP contribution in [0.4, 0.5) is 0 Å². The molecule has 1 unspecified atom stereocenters. The lowest BCUT2D eigenvalue weighted by atomic mass is 9.92. The summed E-state index contributed by atoms with van der Waals surface area (Å²) >= 11 is 0. The van der Waals surface area contributed by atoms with Crippen molar-refractivity contribution in [2.75, 3.05) is 7.11 Å². The third kappa shape index (κ3) is 2.59. The first-order valence-corrected chi connectivity index (χ1v) is 5.55. The minimum Gasteiger partial charge on any atom is -0.412 e. The van der Waals surface area contributed by atoms with Crippen molar-refractivity contribution in [3.05, 3.63) is 23.8 Å². The SMILES string of the molecule is CO[SiH2]NC1(C)C=CC(C)=CC1. The Morgan fingerprint density at radius 3 is 2.92 bits per heavy atom. The van der Waals surface area contributed by atoms with E-state index in [1.54, 1.807) is 7.11 Å². The molecule has 0 aromatic carbocycles. The van der Waals surface area contributed by atoms with E-state index < -0.39 is 9.92 Å². The molecule has 0 aromatic heterocycles. The first-order chi connectivity index (χ1) is 5.66. The summed E-state index contributed by atoms with van der Waals surface area (Å²) < 4.78 is 5.11. The van der Waals surface area contributed by atoms with Gasteiger partial charge in [0.25, 0.3) is 0 Å². The fourth-order valence-corrected chi connectivity index (χ4v) is 1.93. The van der Waals surface area contributed by atoms with Crippen LogP contribution in [0, 0.1) is 0 Å². The summed E-state index contributed by atoms with van der Waals surface area (Å²) in [5, 5.41) is 0. The molecular weight excluding hydrogens is 166 g/mol. The molecular formula is C9H17NOSi. The van der Waals surface area contributed by atoms with Gasteiger partial charge in [0, 0.05) is 12.6 Å². The van der Waals surface area contributed by atoms with E-state index in [0.29, 0.717) is 0 Å². The predicted molar refractivity (Wildman–Crippen MR) is 54.6 cm³/mol. The van der Waals surface area contributed by atoms with Crippen molar-refractivity contribution in [1.82, 2.24) is 4.98 Å². The number of allylic oxidation sites excluding steroid dienone is 2. The quantitative estimate of drug-likeness (QED) is 0.656. The summed E-state index contributed by atoms with van der Waals surface area (Å²) in [7, 11) is 1.23. The summed E-state index contributed by atoms with van der Waals surface area (Å²) in [6.07, 6.45) is 7.73.